The summed E-state index contributed by atoms with van der Waals surface area (Å²) in [7, 11) is -4.28. The summed E-state index contributed by atoms with van der Waals surface area (Å²) in [4.78, 5) is 24.3. The van der Waals surface area contributed by atoms with Gasteiger partial charge in [-0.15, -0.1) is 0 Å². The number of carbonyl (C=O) groups excluding carboxylic acids is 1. The van der Waals surface area contributed by atoms with Crippen molar-refractivity contribution in [3.8, 4) is 16.9 Å². The second-order valence-electron chi connectivity index (χ2n) is 9.41. The van der Waals surface area contributed by atoms with Gasteiger partial charge >= 0.3 is 12.6 Å². The zero-order valence-corrected chi connectivity index (χ0v) is 22.5. The number of amides is 1. The number of benzene rings is 4. The number of aromatic carboxylic acids is 1. The minimum Gasteiger partial charge on any atom is -0.478 e. The van der Waals surface area contributed by atoms with Crippen LogP contribution in [-0.2, 0) is 27.8 Å². The van der Waals surface area contributed by atoms with Gasteiger partial charge in [-0.05, 0) is 59.2 Å². The van der Waals surface area contributed by atoms with Crippen LogP contribution in [0.3, 0.4) is 0 Å². The third-order valence-electron chi connectivity index (χ3n) is 6.78. The molecule has 1 amide bonds. The topological polar surface area (TPSA) is 113 Å². The highest BCUT2D eigenvalue weighted by atomic mass is 32.2. The molecule has 8 nitrogen and oxygen atoms in total. The molecule has 1 aliphatic rings. The number of carboxylic acid groups (broad SMARTS) is 1. The number of nitrogens with zero attached hydrogens (tertiary/aromatic N) is 1. The fraction of sp³-hybridized carbons (Fsp3) is 0.133. The lowest BCUT2D eigenvalue weighted by atomic mass is 10.0. The van der Waals surface area contributed by atoms with Crippen LogP contribution in [0, 0.1) is 5.82 Å². The third-order valence-corrected chi connectivity index (χ3v) is 8.61. The van der Waals surface area contributed by atoms with E-state index in [-0.39, 0.29) is 29.0 Å². The molecule has 5 rings (SSSR count). The van der Waals surface area contributed by atoms with Crippen LogP contribution in [0.1, 0.15) is 21.5 Å². The summed E-state index contributed by atoms with van der Waals surface area (Å²) in [6.07, 6.45) is 0.126. The van der Waals surface area contributed by atoms with E-state index in [4.69, 9.17) is 5.11 Å². The second-order valence-corrected chi connectivity index (χ2v) is 11.2. The van der Waals surface area contributed by atoms with Gasteiger partial charge in [0, 0.05) is 24.6 Å². The number of sulfonamides is 1. The van der Waals surface area contributed by atoms with E-state index in [1.54, 1.807) is 36.4 Å². The predicted molar refractivity (Wildman–Crippen MR) is 147 cm³/mol. The van der Waals surface area contributed by atoms with E-state index in [2.05, 4.69) is 10.1 Å². The molecule has 0 spiro atoms. The van der Waals surface area contributed by atoms with E-state index in [0.29, 0.717) is 22.4 Å². The Balaban J connectivity index is 1.42. The summed E-state index contributed by atoms with van der Waals surface area (Å²) in [5.41, 5.74) is 2.18. The van der Waals surface area contributed by atoms with Gasteiger partial charge in [0.15, 0.2) is 0 Å². The van der Waals surface area contributed by atoms with E-state index in [1.807, 2.05) is 0 Å². The highest BCUT2D eigenvalue weighted by Gasteiger charge is 2.42. The first-order chi connectivity index (χ1) is 20.0. The fourth-order valence-corrected chi connectivity index (χ4v) is 6.42. The van der Waals surface area contributed by atoms with Crippen LogP contribution in [0.2, 0.25) is 0 Å². The SMILES string of the molecule is O=C(O)c1ccc(CNC(=O)[C@@H]2Cc3ccccc3N2S(=O)(=O)c2ccc(-c3ccc(F)cc3OC(F)F)cc2)cc1. The summed E-state index contributed by atoms with van der Waals surface area (Å²) in [5.74, 6) is -2.80. The molecule has 0 saturated carbocycles. The lowest BCUT2D eigenvalue weighted by molar-refractivity contribution is -0.122. The monoisotopic (exact) mass is 596 g/mol. The zero-order chi connectivity index (χ0) is 30.0. The minimum absolute atomic E-state index is 0.0505. The molecular weight excluding hydrogens is 573 g/mol. The number of hydrogen-bond acceptors (Lipinski definition) is 5. The number of alkyl halides is 2. The summed E-state index contributed by atoms with van der Waals surface area (Å²) in [6, 6.07) is 20.0. The molecule has 0 aliphatic carbocycles. The summed E-state index contributed by atoms with van der Waals surface area (Å²) in [5, 5.41) is 11.8. The number of carboxylic acids is 1. The van der Waals surface area contributed by atoms with Gasteiger partial charge < -0.3 is 15.2 Å². The van der Waals surface area contributed by atoms with E-state index in [0.717, 1.165) is 16.4 Å². The third kappa shape index (κ3) is 5.79. The largest absolute Gasteiger partial charge is 0.478 e. The highest BCUT2D eigenvalue weighted by molar-refractivity contribution is 7.93. The maximum atomic E-state index is 13.9. The molecule has 4 aromatic rings. The van der Waals surface area contributed by atoms with E-state index in [9.17, 15) is 31.2 Å². The van der Waals surface area contributed by atoms with Crippen molar-refractivity contribution in [3.05, 3.63) is 114 Å². The molecule has 1 heterocycles. The quantitative estimate of drug-likeness (QED) is 0.274. The number of hydrogen-bond donors (Lipinski definition) is 2. The van der Waals surface area contributed by atoms with Crippen molar-refractivity contribution >= 4 is 27.6 Å². The molecular formula is C30H23F3N2O6S. The van der Waals surface area contributed by atoms with Crippen molar-refractivity contribution in [1.82, 2.24) is 5.32 Å². The van der Waals surface area contributed by atoms with Crippen LogP contribution in [-0.4, -0.2) is 38.1 Å². The Hall–Kier alpha value is -4.84. The molecule has 0 radical (unpaired) electrons. The molecule has 0 saturated heterocycles. The smallest absolute Gasteiger partial charge is 0.387 e. The molecule has 0 fully saturated rings. The predicted octanol–water partition coefficient (Wildman–Crippen LogP) is 5.23. The van der Waals surface area contributed by atoms with Gasteiger partial charge in [0.2, 0.25) is 5.91 Å². The normalized spacial score (nSPS) is 14.5. The zero-order valence-electron chi connectivity index (χ0n) is 21.7. The fourth-order valence-electron chi connectivity index (χ4n) is 4.77. The lowest BCUT2D eigenvalue weighted by Crippen LogP contribution is -2.47. The molecule has 0 aromatic heterocycles. The number of para-hydroxylation sites is 1. The molecule has 0 unspecified atom stereocenters. The number of nitrogens with one attached hydrogen (secondary N) is 1. The molecule has 1 aliphatic heterocycles. The highest BCUT2D eigenvalue weighted by Crippen LogP contribution is 2.38. The van der Waals surface area contributed by atoms with Crippen LogP contribution < -0.4 is 14.4 Å². The summed E-state index contributed by atoms with van der Waals surface area (Å²) in [6.45, 7) is -3.14. The van der Waals surface area contributed by atoms with Gasteiger partial charge in [0.25, 0.3) is 10.0 Å². The second kappa shape index (κ2) is 11.6. The Labute approximate surface area is 239 Å². The maximum Gasteiger partial charge on any atom is 0.387 e. The van der Waals surface area contributed by atoms with Gasteiger partial charge in [-0.2, -0.15) is 8.78 Å². The van der Waals surface area contributed by atoms with Crippen LogP contribution in [0.4, 0.5) is 18.9 Å². The van der Waals surface area contributed by atoms with Gasteiger partial charge in [0.05, 0.1) is 16.1 Å². The van der Waals surface area contributed by atoms with Crippen molar-refractivity contribution in [2.75, 3.05) is 4.31 Å². The van der Waals surface area contributed by atoms with Gasteiger partial charge in [-0.1, -0.05) is 42.5 Å². The number of halogens is 3. The minimum atomic E-state index is -4.28. The van der Waals surface area contributed by atoms with Crippen molar-refractivity contribution in [2.24, 2.45) is 0 Å². The van der Waals surface area contributed by atoms with Crippen LogP contribution in [0.15, 0.2) is 95.9 Å². The van der Waals surface area contributed by atoms with Crippen molar-refractivity contribution in [2.45, 2.75) is 30.5 Å². The Bertz CT molecular complexity index is 1750. The van der Waals surface area contributed by atoms with Crippen molar-refractivity contribution < 1.29 is 41.0 Å². The average Bonchev–Trinajstić information content (AvgIpc) is 3.37. The lowest BCUT2D eigenvalue weighted by Gasteiger charge is -2.26. The first kappa shape index (κ1) is 28.7. The molecule has 42 heavy (non-hydrogen) atoms. The summed E-state index contributed by atoms with van der Waals surface area (Å²) >= 11 is 0. The van der Waals surface area contributed by atoms with Crippen LogP contribution >= 0.6 is 0 Å². The molecule has 216 valence electrons. The van der Waals surface area contributed by atoms with E-state index >= 15 is 0 Å². The molecule has 2 N–H and O–H groups in total. The molecule has 0 bridgehead atoms. The van der Waals surface area contributed by atoms with Crippen LogP contribution in [0.25, 0.3) is 11.1 Å². The van der Waals surface area contributed by atoms with Gasteiger partial charge in [-0.25, -0.2) is 17.6 Å². The number of anilines is 1. The standard InChI is InChI=1S/C30H23F3N2O6S/c31-22-11-14-24(27(16-22)41-30(32)33)19-9-12-23(13-10-19)42(39,40)35-25-4-2-1-3-21(25)15-26(35)28(36)34-17-18-5-7-20(8-6-18)29(37)38/h1-14,16,26,30H,15,17H2,(H,34,36)(H,37,38)/t26-/m0/s1. The number of rotatable bonds is 9. The van der Waals surface area contributed by atoms with E-state index in [1.165, 1.54) is 42.5 Å². The van der Waals surface area contributed by atoms with Crippen LogP contribution in [0.5, 0.6) is 5.75 Å². The molecule has 1 atom stereocenters. The van der Waals surface area contributed by atoms with Gasteiger partial charge in [-0.3, -0.25) is 9.10 Å². The Morgan fingerprint density at radius 1 is 0.976 bits per heavy atom. The molecule has 12 heteroatoms. The number of fused-ring (bicyclic) bond motifs is 1. The summed E-state index contributed by atoms with van der Waals surface area (Å²) < 4.78 is 72.7. The average molecular weight is 597 g/mol. The molecule has 4 aromatic carbocycles. The number of ether oxygens (including phenoxy) is 1. The van der Waals surface area contributed by atoms with E-state index < -0.39 is 46.1 Å². The van der Waals surface area contributed by atoms with Crippen molar-refractivity contribution in [1.29, 1.82) is 0 Å². The first-order valence-corrected chi connectivity index (χ1v) is 14.1. The Kier molecular flexibility index (Phi) is 7.90. The first-order valence-electron chi connectivity index (χ1n) is 12.6. The Morgan fingerprint density at radius 3 is 2.33 bits per heavy atom. The Morgan fingerprint density at radius 2 is 1.67 bits per heavy atom. The maximum absolute atomic E-state index is 13.9. The number of carbonyl (C=O) groups is 2. The van der Waals surface area contributed by atoms with Gasteiger partial charge in [0.1, 0.15) is 17.6 Å². The van der Waals surface area contributed by atoms with Crippen molar-refractivity contribution in [3.63, 3.8) is 0 Å².